The summed E-state index contributed by atoms with van der Waals surface area (Å²) in [7, 11) is 0. The van der Waals surface area contributed by atoms with Crippen LogP contribution in [-0.2, 0) is 6.61 Å². The first kappa shape index (κ1) is 24.5. The Morgan fingerprint density at radius 3 is 2.65 bits per heavy atom. The summed E-state index contributed by atoms with van der Waals surface area (Å²) in [4.78, 5) is 18.0. The third-order valence-electron chi connectivity index (χ3n) is 5.51. The van der Waals surface area contributed by atoms with Crippen LogP contribution in [0.1, 0.15) is 43.1 Å². The molecule has 1 heterocycles. The lowest BCUT2D eigenvalue weighted by molar-refractivity contribution is 0.306. The second-order valence-corrected chi connectivity index (χ2v) is 9.60. The van der Waals surface area contributed by atoms with E-state index in [1.807, 2.05) is 49.4 Å². The zero-order valence-corrected chi connectivity index (χ0v) is 21.7. The van der Waals surface area contributed by atoms with Gasteiger partial charge in [0.25, 0.3) is 5.56 Å². The molecule has 0 saturated carbocycles. The van der Waals surface area contributed by atoms with Crippen molar-refractivity contribution < 1.29 is 4.74 Å². The maximum atomic E-state index is 13.2. The number of fused-ring (bicyclic) bond motifs is 1. The number of hydrogen-bond donors (Lipinski definition) is 0. The van der Waals surface area contributed by atoms with E-state index in [-0.39, 0.29) is 11.5 Å². The van der Waals surface area contributed by atoms with Crippen molar-refractivity contribution in [2.45, 2.75) is 32.8 Å². The number of hydrogen-bond acceptors (Lipinski definition) is 4. The van der Waals surface area contributed by atoms with Crippen LogP contribution in [0.3, 0.4) is 0 Å². The molecule has 0 aliphatic heterocycles. The molecule has 0 aliphatic rings. The standard InChI is InChI=1S/C26H22BrCl2N3O2/c1-3-16(2)25-31-23-10-9-19(27)13-20(23)26(33)32(25)30-14-17-8-11-24(22(29)12-17)34-15-18-6-4-5-7-21(18)28/h4-14,16H,3,15H2,1-2H3/t16-/m1/s1. The van der Waals surface area contributed by atoms with Gasteiger partial charge in [0.1, 0.15) is 18.2 Å². The monoisotopic (exact) mass is 557 g/mol. The highest BCUT2D eigenvalue weighted by Crippen LogP contribution is 2.27. The minimum absolute atomic E-state index is 0.0575. The summed E-state index contributed by atoms with van der Waals surface area (Å²) in [6, 6.07) is 18.3. The van der Waals surface area contributed by atoms with E-state index in [1.165, 1.54) is 4.68 Å². The molecule has 0 N–H and O–H groups in total. The Morgan fingerprint density at radius 1 is 1.12 bits per heavy atom. The van der Waals surface area contributed by atoms with Crippen molar-refractivity contribution in [2.75, 3.05) is 0 Å². The van der Waals surface area contributed by atoms with Crippen LogP contribution in [0.4, 0.5) is 0 Å². The summed E-state index contributed by atoms with van der Waals surface area (Å²) in [5, 5.41) is 6.06. The summed E-state index contributed by atoms with van der Waals surface area (Å²) in [6.45, 7) is 4.39. The molecule has 174 valence electrons. The lowest BCUT2D eigenvalue weighted by atomic mass is 10.1. The van der Waals surface area contributed by atoms with Crippen LogP contribution in [-0.4, -0.2) is 15.9 Å². The van der Waals surface area contributed by atoms with Crippen molar-refractivity contribution >= 4 is 56.2 Å². The van der Waals surface area contributed by atoms with Gasteiger partial charge in [0.15, 0.2) is 0 Å². The second-order valence-electron chi connectivity index (χ2n) is 7.87. The number of rotatable bonds is 7. The average molecular weight is 559 g/mol. The van der Waals surface area contributed by atoms with E-state index in [1.54, 1.807) is 24.4 Å². The van der Waals surface area contributed by atoms with Crippen molar-refractivity contribution in [1.82, 2.24) is 9.66 Å². The summed E-state index contributed by atoms with van der Waals surface area (Å²) in [5.41, 5.74) is 2.03. The van der Waals surface area contributed by atoms with Crippen LogP contribution < -0.4 is 10.3 Å². The molecule has 0 unspecified atom stereocenters. The first-order valence-electron chi connectivity index (χ1n) is 10.8. The topological polar surface area (TPSA) is 56.5 Å². The molecule has 0 spiro atoms. The Morgan fingerprint density at radius 2 is 1.91 bits per heavy atom. The highest BCUT2D eigenvalue weighted by atomic mass is 79.9. The fraction of sp³-hybridized carbons (Fsp3) is 0.192. The number of aromatic nitrogens is 2. The van der Waals surface area contributed by atoms with E-state index in [0.717, 1.165) is 22.0 Å². The lowest BCUT2D eigenvalue weighted by Crippen LogP contribution is -2.23. The fourth-order valence-corrected chi connectivity index (χ4v) is 4.18. The molecule has 5 nitrogen and oxygen atoms in total. The second kappa shape index (κ2) is 10.7. The van der Waals surface area contributed by atoms with Crippen LogP contribution in [0.2, 0.25) is 10.0 Å². The Labute approximate surface area is 216 Å². The minimum atomic E-state index is -0.219. The van der Waals surface area contributed by atoms with E-state index in [9.17, 15) is 4.79 Å². The summed E-state index contributed by atoms with van der Waals surface area (Å²) >= 11 is 16.1. The maximum Gasteiger partial charge on any atom is 0.282 e. The zero-order chi connectivity index (χ0) is 24.2. The van der Waals surface area contributed by atoms with Gasteiger partial charge in [0.2, 0.25) is 0 Å². The van der Waals surface area contributed by atoms with Crippen molar-refractivity contribution in [1.29, 1.82) is 0 Å². The average Bonchev–Trinajstić information content (AvgIpc) is 2.83. The van der Waals surface area contributed by atoms with Gasteiger partial charge >= 0.3 is 0 Å². The molecule has 0 fully saturated rings. The molecule has 0 bridgehead atoms. The molecular formula is C26H22BrCl2N3O2. The van der Waals surface area contributed by atoms with Gasteiger partial charge in [-0.15, -0.1) is 0 Å². The van der Waals surface area contributed by atoms with Crippen LogP contribution in [0.5, 0.6) is 5.75 Å². The summed E-state index contributed by atoms with van der Waals surface area (Å²) in [6.07, 6.45) is 2.43. The molecule has 1 aromatic heterocycles. The SMILES string of the molecule is CC[C@@H](C)c1nc2ccc(Br)cc2c(=O)n1N=Cc1ccc(OCc2ccccc2Cl)c(Cl)c1. The minimum Gasteiger partial charge on any atom is -0.487 e. The molecule has 3 aromatic carbocycles. The smallest absolute Gasteiger partial charge is 0.282 e. The van der Waals surface area contributed by atoms with Gasteiger partial charge in [-0.05, 0) is 54.4 Å². The van der Waals surface area contributed by atoms with Gasteiger partial charge < -0.3 is 4.74 Å². The van der Waals surface area contributed by atoms with Gasteiger partial charge in [-0.1, -0.05) is 71.2 Å². The number of benzene rings is 3. The van der Waals surface area contributed by atoms with Gasteiger partial charge in [-0.25, -0.2) is 4.98 Å². The molecule has 0 aliphatic carbocycles. The Hall–Kier alpha value is -2.67. The third kappa shape index (κ3) is 5.35. The quantitative estimate of drug-likeness (QED) is 0.221. The molecule has 0 saturated heterocycles. The van der Waals surface area contributed by atoms with E-state index >= 15 is 0 Å². The zero-order valence-electron chi connectivity index (χ0n) is 18.6. The molecule has 4 rings (SSSR count). The Bertz CT molecular complexity index is 1440. The molecule has 4 aromatic rings. The normalized spacial score (nSPS) is 12.4. The van der Waals surface area contributed by atoms with Crippen molar-refractivity contribution in [3.8, 4) is 5.75 Å². The van der Waals surface area contributed by atoms with Crippen molar-refractivity contribution in [3.63, 3.8) is 0 Å². The molecule has 0 amide bonds. The summed E-state index contributed by atoms with van der Waals surface area (Å²) < 4.78 is 8.02. The Balaban J connectivity index is 1.63. The first-order valence-corrected chi connectivity index (χ1v) is 12.3. The van der Waals surface area contributed by atoms with Crippen LogP contribution in [0, 0.1) is 0 Å². The van der Waals surface area contributed by atoms with Crippen molar-refractivity contribution in [3.05, 3.63) is 102 Å². The highest BCUT2D eigenvalue weighted by Gasteiger charge is 2.15. The predicted molar refractivity (Wildman–Crippen MR) is 143 cm³/mol. The molecular weight excluding hydrogens is 537 g/mol. The number of ether oxygens (including phenoxy) is 1. The molecule has 1 atom stereocenters. The van der Waals surface area contributed by atoms with Crippen LogP contribution in [0.15, 0.2) is 75.0 Å². The van der Waals surface area contributed by atoms with Gasteiger partial charge in [0, 0.05) is 21.0 Å². The van der Waals surface area contributed by atoms with Gasteiger partial charge in [-0.3, -0.25) is 4.79 Å². The summed E-state index contributed by atoms with van der Waals surface area (Å²) in [5.74, 6) is 1.21. The molecule has 0 radical (unpaired) electrons. The molecule has 34 heavy (non-hydrogen) atoms. The van der Waals surface area contributed by atoms with Gasteiger partial charge in [0.05, 0.1) is 22.1 Å². The molecule has 8 heteroatoms. The Kier molecular flexibility index (Phi) is 7.71. The first-order chi connectivity index (χ1) is 16.4. The van der Waals surface area contributed by atoms with Crippen LogP contribution in [0.25, 0.3) is 10.9 Å². The van der Waals surface area contributed by atoms with Gasteiger partial charge in [-0.2, -0.15) is 9.78 Å². The van der Waals surface area contributed by atoms with E-state index in [4.69, 9.17) is 32.9 Å². The van der Waals surface area contributed by atoms with E-state index in [2.05, 4.69) is 28.0 Å². The number of nitrogens with zero attached hydrogens (tertiary/aromatic N) is 3. The highest BCUT2D eigenvalue weighted by molar-refractivity contribution is 9.10. The van der Waals surface area contributed by atoms with E-state index in [0.29, 0.717) is 39.1 Å². The number of halogens is 3. The predicted octanol–water partition coefficient (Wildman–Crippen LogP) is 7.44. The maximum absolute atomic E-state index is 13.2. The van der Waals surface area contributed by atoms with E-state index < -0.39 is 0 Å². The largest absolute Gasteiger partial charge is 0.487 e. The van der Waals surface area contributed by atoms with Crippen LogP contribution >= 0.6 is 39.1 Å². The van der Waals surface area contributed by atoms with Crippen molar-refractivity contribution in [2.24, 2.45) is 5.10 Å². The third-order valence-corrected chi connectivity index (χ3v) is 6.66. The fourth-order valence-electron chi connectivity index (χ4n) is 3.39. The lowest BCUT2D eigenvalue weighted by Gasteiger charge is -2.14.